The predicted octanol–water partition coefficient (Wildman–Crippen LogP) is 4.83. The van der Waals surface area contributed by atoms with Crippen molar-refractivity contribution in [2.45, 2.75) is 58.0 Å². The summed E-state index contributed by atoms with van der Waals surface area (Å²) < 4.78 is 28.9. The molecule has 0 fully saturated rings. The maximum absolute atomic E-state index is 14.0. The second-order valence-electron chi connectivity index (χ2n) is 9.39. The van der Waals surface area contributed by atoms with Crippen molar-refractivity contribution in [3.63, 3.8) is 0 Å². The number of nitrogens with one attached hydrogen (secondary N) is 1. The van der Waals surface area contributed by atoms with Crippen molar-refractivity contribution in [2.24, 2.45) is 0 Å². The van der Waals surface area contributed by atoms with E-state index in [9.17, 15) is 18.0 Å². The van der Waals surface area contributed by atoms with E-state index >= 15 is 0 Å². The van der Waals surface area contributed by atoms with Crippen LogP contribution in [-0.2, 0) is 26.2 Å². The molecule has 0 aliphatic rings. The molecule has 0 radical (unpaired) electrons. The van der Waals surface area contributed by atoms with Gasteiger partial charge in [0.15, 0.2) is 0 Å². The zero-order valence-electron chi connectivity index (χ0n) is 22.6. The van der Waals surface area contributed by atoms with Gasteiger partial charge in [0.25, 0.3) is 10.0 Å². The number of sulfonamides is 1. The zero-order valence-corrected chi connectivity index (χ0v) is 23.4. The molecule has 8 heteroatoms. The number of anilines is 1. The lowest BCUT2D eigenvalue weighted by Crippen LogP contribution is -2.52. The van der Waals surface area contributed by atoms with Crippen molar-refractivity contribution in [1.82, 2.24) is 10.2 Å². The Hall–Kier alpha value is -3.65. The fourth-order valence-corrected chi connectivity index (χ4v) is 5.62. The lowest BCUT2D eigenvalue weighted by molar-refractivity contribution is -0.140. The summed E-state index contributed by atoms with van der Waals surface area (Å²) >= 11 is 0. The highest BCUT2D eigenvalue weighted by Gasteiger charge is 2.33. The summed E-state index contributed by atoms with van der Waals surface area (Å²) in [5.74, 6) is -0.702. The lowest BCUT2D eigenvalue weighted by Gasteiger charge is -2.33. The van der Waals surface area contributed by atoms with E-state index in [1.165, 1.54) is 4.90 Å². The monoisotopic (exact) mass is 535 g/mol. The van der Waals surface area contributed by atoms with Crippen LogP contribution in [0.2, 0.25) is 0 Å². The predicted molar refractivity (Wildman–Crippen MR) is 151 cm³/mol. The Bertz CT molecular complexity index is 1330. The Balaban J connectivity index is 2.04. The smallest absolute Gasteiger partial charge is 0.264 e. The molecule has 0 saturated heterocycles. The van der Waals surface area contributed by atoms with Gasteiger partial charge in [-0.1, -0.05) is 74.0 Å². The van der Waals surface area contributed by atoms with Crippen molar-refractivity contribution < 1.29 is 18.0 Å². The van der Waals surface area contributed by atoms with E-state index in [1.54, 1.807) is 42.5 Å². The van der Waals surface area contributed by atoms with Gasteiger partial charge in [-0.15, -0.1) is 0 Å². The number of hydrogen-bond donors (Lipinski definition) is 1. The molecule has 1 N–H and O–H groups in total. The number of rotatable bonds is 12. The average molecular weight is 536 g/mol. The van der Waals surface area contributed by atoms with Crippen LogP contribution in [0.3, 0.4) is 0 Å². The van der Waals surface area contributed by atoms with Crippen molar-refractivity contribution in [1.29, 1.82) is 0 Å². The summed E-state index contributed by atoms with van der Waals surface area (Å²) in [5, 5.41) is 2.89. The molecule has 2 amide bonds. The molecule has 0 aromatic heterocycles. The van der Waals surface area contributed by atoms with Gasteiger partial charge in [-0.3, -0.25) is 13.9 Å². The third-order valence-corrected chi connectivity index (χ3v) is 8.10. The van der Waals surface area contributed by atoms with E-state index in [0.717, 1.165) is 27.4 Å². The minimum atomic E-state index is -4.07. The standard InChI is InChI=1S/C30H37N3O4S/c1-5-19-31-30(35)28(6-2)32(21-25-12-8-7-9-13-25)29(34)22-33(26-14-10-11-24(4)20-26)38(36,37)27-17-15-23(3)16-18-27/h7-18,20,28H,5-6,19,21-22H2,1-4H3,(H,31,35)/t28-/m1/s1. The highest BCUT2D eigenvalue weighted by Crippen LogP contribution is 2.26. The number of carbonyl (C=O) groups is 2. The molecule has 0 saturated carbocycles. The first kappa shape index (κ1) is 28.9. The van der Waals surface area contributed by atoms with E-state index in [4.69, 9.17) is 0 Å². The van der Waals surface area contributed by atoms with Crippen LogP contribution in [0.1, 0.15) is 43.4 Å². The maximum Gasteiger partial charge on any atom is 0.264 e. The normalized spacial score (nSPS) is 12.0. The van der Waals surface area contributed by atoms with E-state index < -0.39 is 28.5 Å². The van der Waals surface area contributed by atoms with Gasteiger partial charge in [-0.25, -0.2) is 8.42 Å². The fraction of sp³-hybridized carbons (Fsp3) is 0.333. The van der Waals surface area contributed by atoms with Crippen molar-refractivity contribution >= 4 is 27.5 Å². The van der Waals surface area contributed by atoms with Gasteiger partial charge in [0.05, 0.1) is 10.6 Å². The van der Waals surface area contributed by atoms with Crippen molar-refractivity contribution in [2.75, 3.05) is 17.4 Å². The third kappa shape index (κ3) is 7.22. The second-order valence-corrected chi connectivity index (χ2v) is 11.2. The molecule has 0 aliphatic heterocycles. The van der Waals surface area contributed by atoms with Crippen LogP contribution in [0.5, 0.6) is 0 Å². The van der Waals surface area contributed by atoms with Crippen molar-refractivity contribution in [3.05, 3.63) is 95.6 Å². The zero-order chi connectivity index (χ0) is 27.7. The highest BCUT2D eigenvalue weighted by molar-refractivity contribution is 7.92. The van der Waals surface area contributed by atoms with Crippen LogP contribution in [0, 0.1) is 13.8 Å². The summed E-state index contributed by atoms with van der Waals surface area (Å²) in [6.45, 7) is 7.81. The Morgan fingerprint density at radius 3 is 2.16 bits per heavy atom. The molecular formula is C30H37N3O4S. The van der Waals surface area contributed by atoms with Gasteiger partial charge in [0, 0.05) is 13.1 Å². The number of carbonyl (C=O) groups excluding carboxylic acids is 2. The topological polar surface area (TPSA) is 86.8 Å². The van der Waals surface area contributed by atoms with Crippen LogP contribution in [0.4, 0.5) is 5.69 Å². The van der Waals surface area contributed by atoms with E-state index in [-0.39, 0.29) is 17.3 Å². The summed E-state index contributed by atoms with van der Waals surface area (Å²) in [6, 6.07) is 22.3. The highest BCUT2D eigenvalue weighted by atomic mass is 32.2. The van der Waals surface area contributed by atoms with E-state index in [1.807, 2.05) is 64.1 Å². The second kappa shape index (κ2) is 13.2. The number of amides is 2. The van der Waals surface area contributed by atoms with Gasteiger partial charge in [0.1, 0.15) is 12.6 Å². The Morgan fingerprint density at radius 1 is 0.868 bits per heavy atom. The largest absolute Gasteiger partial charge is 0.354 e. The maximum atomic E-state index is 14.0. The SMILES string of the molecule is CCCNC(=O)[C@@H](CC)N(Cc1ccccc1)C(=O)CN(c1cccc(C)c1)S(=O)(=O)c1ccc(C)cc1. The molecule has 0 aliphatic carbocycles. The van der Waals surface area contributed by atoms with E-state index in [0.29, 0.717) is 18.7 Å². The molecule has 0 spiro atoms. The Kier molecular flexibility index (Phi) is 10.1. The first-order chi connectivity index (χ1) is 18.2. The Labute approximate surface area is 226 Å². The van der Waals surface area contributed by atoms with Crippen LogP contribution < -0.4 is 9.62 Å². The molecule has 3 rings (SSSR count). The number of nitrogens with zero attached hydrogens (tertiary/aromatic N) is 2. The van der Waals surface area contributed by atoms with Gasteiger partial charge in [-0.2, -0.15) is 0 Å². The van der Waals surface area contributed by atoms with Crippen LogP contribution in [-0.4, -0.2) is 44.3 Å². The van der Waals surface area contributed by atoms with Gasteiger partial charge in [0.2, 0.25) is 11.8 Å². The van der Waals surface area contributed by atoms with Gasteiger partial charge in [-0.05, 0) is 62.1 Å². The molecule has 0 heterocycles. The summed E-state index contributed by atoms with van der Waals surface area (Å²) in [6.07, 6.45) is 1.16. The quantitative estimate of drug-likeness (QED) is 0.360. The molecule has 1 atom stereocenters. The molecule has 7 nitrogen and oxygen atoms in total. The summed E-state index contributed by atoms with van der Waals surface area (Å²) in [5.41, 5.74) is 3.04. The molecule has 0 unspecified atom stereocenters. The molecule has 3 aromatic rings. The fourth-order valence-electron chi connectivity index (χ4n) is 4.21. The number of benzene rings is 3. The average Bonchev–Trinajstić information content (AvgIpc) is 2.91. The minimum absolute atomic E-state index is 0.0970. The van der Waals surface area contributed by atoms with E-state index in [2.05, 4.69) is 5.32 Å². The first-order valence-corrected chi connectivity index (χ1v) is 14.4. The van der Waals surface area contributed by atoms with Crippen molar-refractivity contribution in [3.8, 4) is 0 Å². The Morgan fingerprint density at radius 2 is 1.55 bits per heavy atom. The third-order valence-electron chi connectivity index (χ3n) is 6.31. The first-order valence-electron chi connectivity index (χ1n) is 12.9. The molecule has 38 heavy (non-hydrogen) atoms. The van der Waals surface area contributed by atoms with Crippen LogP contribution in [0.15, 0.2) is 83.8 Å². The van der Waals surface area contributed by atoms with Gasteiger partial charge < -0.3 is 10.2 Å². The molecule has 0 bridgehead atoms. The van der Waals surface area contributed by atoms with Crippen LogP contribution in [0.25, 0.3) is 0 Å². The minimum Gasteiger partial charge on any atom is -0.354 e. The number of hydrogen-bond acceptors (Lipinski definition) is 4. The molecule has 202 valence electrons. The summed E-state index contributed by atoms with van der Waals surface area (Å²) in [7, 11) is -4.07. The van der Waals surface area contributed by atoms with Gasteiger partial charge >= 0.3 is 0 Å². The summed E-state index contributed by atoms with van der Waals surface area (Å²) in [4.78, 5) is 28.6. The molecule has 3 aromatic carbocycles. The van der Waals surface area contributed by atoms with Crippen LogP contribution >= 0.6 is 0 Å². The number of aryl methyl sites for hydroxylation is 2. The lowest BCUT2D eigenvalue weighted by atomic mass is 10.1. The molecular weight excluding hydrogens is 498 g/mol.